The Kier molecular flexibility index (Phi) is 3.75. The Bertz CT molecular complexity index is 288. The van der Waals surface area contributed by atoms with Gasteiger partial charge in [-0.25, -0.2) is 4.39 Å². The van der Waals surface area contributed by atoms with Gasteiger partial charge in [0.1, 0.15) is 5.82 Å². The summed E-state index contributed by atoms with van der Waals surface area (Å²) in [4.78, 5) is 0.939. The van der Waals surface area contributed by atoms with E-state index >= 15 is 0 Å². The molecule has 0 aliphatic rings. The summed E-state index contributed by atoms with van der Waals surface area (Å²) >= 11 is 1.53. The van der Waals surface area contributed by atoms with Gasteiger partial charge in [0, 0.05) is 16.5 Å². The van der Waals surface area contributed by atoms with Crippen LogP contribution in [0.15, 0.2) is 23.1 Å². The monoisotopic (exact) mass is 199 g/mol. The van der Waals surface area contributed by atoms with Crippen LogP contribution >= 0.6 is 11.8 Å². The van der Waals surface area contributed by atoms with Crippen LogP contribution in [0.4, 0.5) is 4.39 Å². The second-order valence-corrected chi connectivity index (χ2v) is 3.72. The van der Waals surface area contributed by atoms with E-state index in [2.05, 4.69) is 0 Å². The van der Waals surface area contributed by atoms with E-state index in [1.54, 1.807) is 6.07 Å². The van der Waals surface area contributed by atoms with Gasteiger partial charge < -0.3 is 5.73 Å². The molecule has 0 spiro atoms. The minimum Gasteiger partial charge on any atom is -0.324 e. The molecule has 3 heteroatoms. The molecule has 1 atom stereocenters. The maximum Gasteiger partial charge on any atom is 0.129 e. The highest BCUT2D eigenvalue weighted by molar-refractivity contribution is 7.98. The van der Waals surface area contributed by atoms with Crippen molar-refractivity contribution in [3.63, 3.8) is 0 Å². The Morgan fingerprint density at radius 2 is 2.23 bits per heavy atom. The minimum absolute atomic E-state index is 0.191. The summed E-state index contributed by atoms with van der Waals surface area (Å²) in [5.41, 5.74) is 6.47. The molecule has 0 fully saturated rings. The highest BCUT2D eigenvalue weighted by Crippen LogP contribution is 2.28. The Morgan fingerprint density at radius 3 is 2.77 bits per heavy atom. The molecule has 0 bridgehead atoms. The lowest BCUT2D eigenvalue weighted by Gasteiger charge is -2.14. The molecule has 2 N–H and O–H groups in total. The molecule has 13 heavy (non-hydrogen) atoms. The molecule has 0 aliphatic carbocycles. The summed E-state index contributed by atoms with van der Waals surface area (Å²) in [5.74, 6) is -0.193. The summed E-state index contributed by atoms with van der Waals surface area (Å²) in [6, 6.07) is 4.89. The van der Waals surface area contributed by atoms with Gasteiger partial charge in [-0.15, -0.1) is 11.8 Å². The zero-order chi connectivity index (χ0) is 9.84. The number of thioether (sulfide) groups is 1. The number of benzene rings is 1. The van der Waals surface area contributed by atoms with Gasteiger partial charge in [0.05, 0.1) is 0 Å². The Hall–Kier alpha value is -0.540. The first-order valence-electron chi connectivity index (χ1n) is 4.28. The highest BCUT2D eigenvalue weighted by atomic mass is 32.2. The van der Waals surface area contributed by atoms with Crippen LogP contribution in [0.2, 0.25) is 0 Å². The number of halogens is 1. The zero-order valence-corrected chi connectivity index (χ0v) is 8.70. The fraction of sp³-hybridized carbons (Fsp3) is 0.400. The number of hydrogen-bond acceptors (Lipinski definition) is 2. The van der Waals surface area contributed by atoms with E-state index in [1.807, 2.05) is 19.2 Å². The quantitative estimate of drug-likeness (QED) is 0.757. The van der Waals surface area contributed by atoms with Crippen LogP contribution in [0.1, 0.15) is 24.9 Å². The van der Waals surface area contributed by atoms with Crippen LogP contribution in [0.25, 0.3) is 0 Å². The lowest BCUT2D eigenvalue weighted by Crippen LogP contribution is -2.11. The van der Waals surface area contributed by atoms with E-state index in [9.17, 15) is 4.39 Å². The van der Waals surface area contributed by atoms with Crippen molar-refractivity contribution < 1.29 is 4.39 Å². The van der Waals surface area contributed by atoms with Crippen LogP contribution in [-0.4, -0.2) is 6.26 Å². The Labute approximate surface area is 82.5 Å². The maximum atomic E-state index is 13.4. The van der Waals surface area contributed by atoms with E-state index in [4.69, 9.17) is 5.73 Å². The Morgan fingerprint density at radius 1 is 1.54 bits per heavy atom. The van der Waals surface area contributed by atoms with Crippen LogP contribution in [0.3, 0.4) is 0 Å². The molecule has 0 radical (unpaired) electrons. The van der Waals surface area contributed by atoms with Gasteiger partial charge in [0.25, 0.3) is 0 Å². The second-order valence-electron chi connectivity index (χ2n) is 2.87. The van der Waals surface area contributed by atoms with E-state index < -0.39 is 0 Å². The molecule has 0 heterocycles. The normalized spacial score (nSPS) is 12.9. The summed E-state index contributed by atoms with van der Waals surface area (Å²) < 4.78 is 13.4. The average Bonchev–Trinajstić information content (AvgIpc) is 2.16. The summed E-state index contributed by atoms with van der Waals surface area (Å²) in [5, 5.41) is 0. The molecule has 0 aromatic heterocycles. The van der Waals surface area contributed by atoms with Crippen molar-refractivity contribution in [2.75, 3.05) is 6.26 Å². The largest absolute Gasteiger partial charge is 0.324 e. The molecular weight excluding hydrogens is 185 g/mol. The molecule has 72 valence electrons. The second kappa shape index (κ2) is 4.63. The standard InChI is InChI=1S/C10H14FNS/c1-3-8(12)10-7(11)5-4-6-9(10)13-2/h4-6,8H,3,12H2,1-2H3/t8-/m1/s1. The molecule has 1 aromatic carbocycles. The van der Waals surface area contributed by atoms with Crippen LogP contribution < -0.4 is 5.73 Å². The third kappa shape index (κ3) is 2.23. The molecule has 0 saturated heterocycles. The van der Waals surface area contributed by atoms with Crippen molar-refractivity contribution in [3.8, 4) is 0 Å². The topological polar surface area (TPSA) is 26.0 Å². The smallest absolute Gasteiger partial charge is 0.129 e. The molecule has 1 rings (SSSR count). The van der Waals surface area contributed by atoms with Gasteiger partial charge in [-0.2, -0.15) is 0 Å². The number of nitrogens with two attached hydrogens (primary N) is 1. The SMILES string of the molecule is CC[C@@H](N)c1c(F)cccc1SC. The van der Waals surface area contributed by atoms with Crippen molar-refractivity contribution in [1.29, 1.82) is 0 Å². The van der Waals surface area contributed by atoms with E-state index in [1.165, 1.54) is 17.8 Å². The molecule has 0 unspecified atom stereocenters. The fourth-order valence-corrected chi connectivity index (χ4v) is 1.94. The van der Waals surface area contributed by atoms with Crippen molar-refractivity contribution in [3.05, 3.63) is 29.6 Å². The van der Waals surface area contributed by atoms with Crippen LogP contribution in [0, 0.1) is 5.82 Å². The van der Waals surface area contributed by atoms with Gasteiger partial charge in [-0.05, 0) is 24.8 Å². The van der Waals surface area contributed by atoms with Crippen molar-refractivity contribution in [2.45, 2.75) is 24.3 Å². The fourth-order valence-electron chi connectivity index (χ4n) is 1.26. The van der Waals surface area contributed by atoms with Gasteiger partial charge in [0.2, 0.25) is 0 Å². The van der Waals surface area contributed by atoms with Crippen molar-refractivity contribution in [1.82, 2.24) is 0 Å². The predicted molar refractivity (Wildman–Crippen MR) is 55.4 cm³/mol. The molecule has 1 nitrogen and oxygen atoms in total. The van der Waals surface area contributed by atoms with Gasteiger partial charge in [0.15, 0.2) is 0 Å². The summed E-state index contributed by atoms with van der Waals surface area (Å²) in [7, 11) is 0. The third-order valence-corrected chi connectivity index (χ3v) is 2.84. The number of rotatable bonds is 3. The third-order valence-electron chi connectivity index (χ3n) is 2.04. The maximum absolute atomic E-state index is 13.4. The first kappa shape index (κ1) is 10.5. The van der Waals surface area contributed by atoms with Gasteiger partial charge in [-0.3, -0.25) is 0 Å². The lowest BCUT2D eigenvalue weighted by molar-refractivity contribution is 0.566. The highest BCUT2D eigenvalue weighted by Gasteiger charge is 2.13. The summed E-state index contributed by atoms with van der Waals surface area (Å²) in [6.07, 6.45) is 2.69. The zero-order valence-electron chi connectivity index (χ0n) is 7.88. The minimum atomic E-state index is -0.193. The van der Waals surface area contributed by atoms with E-state index in [0.29, 0.717) is 5.56 Å². The first-order valence-corrected chi connectivity index (χ1v) is 5.51. The van der Waals surface area contributed by atoms with Crippen molar-refractivity contribution in [2.24, 2.45) is 5.73 Å². The molecule has 0 saturated carbocycles. The molecule has 0 amide bonds. The molecular formula is C10H14FNS. The first-order chi connectivity index (χ1) is 6.20. The number of hydrogen-bond donors (Lipinski definition) is 1. The average molecular weight is 199 g/mol. The van der Waals surface area contributed by atoms with Crippen LogP contribution in [-0.2, 0) is 0 Å². The van der Waals surface area contributed by atoms with Crippen molar-refractivity contribution >= 4 is 11.8 Å². The predicted octanol–water partition coefficient (Wildman–Crippen LogP) is 2.96. The Balaban J connectivity index is 3.14. The van der Waals surface area contributed by atoms with E-state index in [-0.39, 0.29) is 11.9 Å². The molecule has 0 aliphatic heterocycles. The summed E-state index contributed by atoms with van der Waals surface area (Å²) in [6.45, 7) is 1.96. The van der Waals surface area contributed by atoms with E-state index in [0.717, 1.165) is 11.3 Å². The lowest BCUT2D eigenvalue weighted by atomic mass is 10.1. The molecule has 1 aromatic rings. The van der Waals surface area contributed by atoms with Gasteiger partial charge >= 0.3 is 0 Å². The van der Waals surface area contributed by atoms with Gasteiger partial charge in [-0.1, -0.05) is 13.0 Å². The van der Waals surface area contributed by atoms with Crippen LogP contribution in [0.5, 0.6) is 0 Å².